The summed E-state index contributed by atoms with van der Waals surface area (Å²) < 4.78 is 6.74. The Morgan fingerprint density at radius 1 is 0.484 bits per heavy atom. The van der Waals surface area contributed by atoms with E-state index in [1.54, 1.807) is 0 Å². The maximum atomic E-state index is 6.74. The molecule has 0 fully saturated rings. The van der Waals surface area contributed by atoms with Crippen LogP contribution in [0, 0.1) is 0 Å². The van der Waals surface area contributed by atoms with Crippen molar-refractivity contribution in [2.45, 2.75) is 12.3 Å². The average molecular weight is 816 g/mol. The maximum absolute atomic E-state index is 6.74. The highest BCUT2D eigenvalue weighted by Gasteiger charge is 2.53. The number of hydrogen-bond acceptors (Lipinski definition) is 2. The molecule has 1 heterocycles. The summed E-state index contributed by atoms with van der Waals surface area (Å²) in [6, 6.07) is 74.2. The fourth-order valence-electron chi connectivity index (χ4n) is 11.4. The van der Waals surface area contributed by atoms with Crippen molar-refractivity contribution in [1.82, 2.24) is 0 Å². The van der Waals surface area contributed by atoms with Crippen LogP contribution in [0.2, 0.25) is 0 Å². The molecule has 0 saturated heterocycles. The molecule has 2 nitrogen and oxygen atoms in total. The fraction of sp³-hybridized carbons (Fsp3) is 0.0323. The van der Waals surface area contributed by atoms with Crippen LogP contribution < -0.4 is 4.90 Å². The number of nitrogens with zero attached hydrogens (tertiary/aromatic N) is 1. The van der Waals surface area contributed by atoms with Gasteiger partial charge >= 0.3 is 0 Å². The predicted octanol–water partition coefficient (Wildman–Crippen LogP) is 17.0. The molecular formula is C62H41NO. The second-order valence-electron chi connectivity index (χ2n) is 17.1. The van der Waals surface area contributed by atoms with Crippen molar-refractivity contribution in [3.63, 3.8) is 0 Å². The van der Waals surface area contributed by atoms with Gasteiger partial charge in [0.1, 0.15) is 5.76 Å². The lowest BCUT2D eigenvalue weighted by Crippen LogP contribution is -2.26. The number of hydrogen-bond donors (Lipinski definition) is 0. The molecule has 1 spiro atoms. The van der Waals surface area contributed by atoms with Gasteiger partial charge in [0.25, 0.3) is 0 Å². The molecule has 0 aliphatic heterocycles. The number of para-hydroxylation sites is 1. The molecule has 0 N–H and O–H groups in total. The summed E-state index contributed by atoms with van der Waals surface area (Å²) in [6.07, 6.45) is 5.99. The lowest BCUT2D eigenvalue weighted by atomic mass is 9.69. The van der Waals surface area contributed by atoms with Crippen molar-refractivity contribution in [3.05, 3.63) is 246 Å². The molecule has 13 rings (SSSR count). The molecule has 0 saturated carbocycles. The van der Waals surface area contributed by atoms with Crippen LogP contribution in [0.5, 0.6) is 0 Å². The zero-order valence-corrected chi connectivity index (χ0v) is 35.3. The first-order valence-corrected chi connectivity index (χ1v) is 22.2. The first-order chi connectivity index (χ1) is 31.7. The summed E-state index contributed by atoms with van der Waals surface area (Å²) in [5.74, 6) is 0.759. The summed E-state index contributed by atoms with van der Waals surface area (Å²) in [7, 11) is 0. The number of anilines is 3. The molecule has 10 aromatic carbocycles. The van der Waals surface area contributed by atoms with E-state index in [1.807, 2.05) is 13.0 Å². The smallest absolute Gasteiger partial charge is 0.159 e. The molecule has 0 unspecified atom stereocenters. The van der Waals surface area contributed by atoms with E-state index in [0.29, 0.717) is 0 Å². The number of furan rings is 1. The van der Waals surface area contributed by atoms with Gasteiger partial charge in [-0.15, -0.1) is 0 Å². The topological polar surface area (TPSA) is 16.4 Å². The average Bonchev–Trinajstić information content (AvgIpc) is 3.98. The van der Waals surface area contributed by atoms with E-state index >= 15 is 0 Å². The van der Waals surface area contributed by atoms with Crippen LogP contribution in [0.1, 0.15) is 40.5 Å². The molecule has 64 heavy (non-hydrogen) atoms. The normalized spacial score (nSPS) is 13.2. The Balaban J connectivity index is 1.12. The number of rotatable bonds is 6. The molecule has 11 aromatic rings. The van der Waals surface area contributed by atoms with Crippen molar-refractivity contribution >= 4 is 72.5 Å². The van der Waals surface area contributed by atoms with Gasteiger partial charge in [0.05, 0.1) is 11.1 Å². The van der Waals surface area contributed by atoms with Crippen LogP contribution in [0.3, 0.4) is 0 Å². The van der Waals surface area contributed by atoms with Gasteiger partial charge in [0, 0.05) is 22.3 Å². The summed E-state index contributed by atoms with van der Waals surface area (Å²) in [5.41, 5.74) is 17.3. The summed E-state index contributed by atoms with van der Waals surface area (Å²) in [6.45, 7) is 6.17. The Bertz CT molecular complexity index is 3730. The van der Waals surface area contributed by atoms with Crippen LogP contribution in [0.25, 0.3) is 88.8 Å². The van der Waals surface area contributed by atoms with Crippen LogP contribution in [-0.2, 0) is 5.41 Å². The molecule has 2 aliphatic carbocycles. The van der Waals surface area contributed by atoms with E-state index in [0.717, 1.165) is 44.9 Å². The Morgan fingerprint density at radius 3 is 1.86 bits per heavy atom. The van der Waals surface area contributed by atoms with Crippen molar-refractivity contribution in [1.29, 1.82) is 0 Å². The molecule has 2 heteroatoms. The lowest BCUT2D eigenvalue weighted by molar-refractivity contribution is 0.604. The third-order valence-corrected chi connectivity index (χ3v) is 13.9. The molecule has 0 atom stereocenters. The van der Waals surface area contributed by atoms with Gasteiger partial charge in [0.15, 0.2) is 5.58 Å². The van der Waals surface area contributed by atoms with Gasteiger partial charge in [-0.3, -0.25) is 0 Å². The van der Waals surface area contributed by atoms with E-state index in [-0.39, 0.29) is 0 Å². The van der Waals surface area contributed by atoms with Crippen LogP contribution in [-0.4, -0.2) is 0 Å². The number of fused-ring (bicyclic) bond motifs is 17. The predicted molar refractivity (Wildman–Crippen MR) is 270 cm³/mol. The van der Waals surface area contributed by atoms with E-state index < -0.39 is 5.41 Å². The lowest BCUT2D eigenvalue weighted by Gasteiger charge is -2.32. The molecule has 2 aliphatic rings. The maximum Gasteiger partial charge on any atom is 0.159 e. The largest absolute Gasteiger partial charge is 0.454 e. The second-order valence-corrected chi connectivity index (χ2v) is 17.1. The van der Waals surface area contributed by atoms with Crippen LogP contribution in [0.15, 0.2) is 217 Å². The molecule has 0 radical (unpaired) electrons. The van der Waals surface area contributed by atoms with E-state index in [9.17, 15) is 0 Å². The van der Waals surface area contributed by atoms with E-state index in [1.165, 1.54) is 82.4 Å². The quantitative estimate of drug-likeness (QED) is 0.155. The van der Waals surface area contributed by atoms with Gasteiger partial charge < -0.3 is 9.32 Å². The van der Waals surface area contributed by atoms with Gasteiger partial charge in [-0.25, -0.2) is 0 Å². The molecule has 300 valence electrons. The second kappa shape index (κ2) is 13.9. The summed E-state index contributed by atoms with van der Waals surface area (Å²) in [4.78, 5) is 2.36. The highest BCUT2D eigenvalue weighted by molar-refractivity contribution is 6.20. The minimum atomic E-state index is -0.528. The Labute approximate surface area is 372 Å². The highest BCUT2D eigenvalue weighted by atomic mass is 16.3. The fourth-order valence-corrected chi connectivity index (χ4v) is 11.4. The standard InChI is InChI=1S/C62H41NO/c1-3-18-49-52-29-17-32-57(61(52)64-58(49)4-2)63(43-22-16-21-40(35-43)39-19-6-5-7-20-39)44-34-33-41-37-53-56(38-42(41)36-44)62(54-30-14-12-25-47(54)48-26-13-15-31-55(48)62)60-51-28-11-9-24-46(51)45-23-8-10-27-50(45)59(53)60/h3-38H,2H2,1H3/b18-3-. The molecule has 0 amide bonds. The zero-order valence-electron chi connectivity index (χ0n) is 35.3. The van der Waals surface area contributed by atoms with Crippen LogP contribution in [0.4, 0.5) is 17.1 Å². The Morgan fingerprint density at radius 2 is 1.11 bits per heavy atom. The Kier molecular flexibility index (Phi) is 7.92. The highest BCUT2D eigenvalue weighted by Crippen LogP contribution is 2.66. The first-order valence-electron chi connectivity index (χ1n) is 22.2. The number of benzene rings is 10. The molecule has 1 aromatic heterocycles. The SMILES string of the molecule is C=Cc1oc2c(N(c3cccc(-c4ccccc4)c3)c3ccc4cc5c(cc4c3)C3(c4ccccc4-c4ccccc43)c3c-5c4ccccc4c4ccccc34)cccc2c1/C=C\C. The van der Waals surface area contributed by atoms with Gasteiger partial charge in [0.2, 0.25) is 0 Å². The summed E-state index contributed by atoms with van der Waals surface area (Å²) in [5, 5.41) is 8.58. The van der Waals surface area contributed by atoms with E-state index in [4.69, 9.17) is 4.42 Å². The Hall–Kier alpha value is -8.20. The van der Waals surface area contributed by atoms with Crippen molar-refractivity contribution < 1.29 is 4.42 Å². The molecule has 0 bridgehead atoms. The van der Waals surface area contributed by atoms with Crippen molar-refractivity contribution in [2.75, 3.05) is 4.90 Å². The minimum absolute atomic E-state index is 0.528. The molecular weight excluding hydrogens is 775 g/mol. The monoisotopic (exact) mass is 815 g/mol. The van der Waals surface area contributed by atoms with E-state index in [2.05, 4.69) is 224 Å². The third kappa shape index (κ3) is 4.97. The summed E-state index contributed by atoms with van der Waals surface area (Å²) >= 11 is 0. The van der Waals surface area contributed by atoms with Crippen molar-refractivity contribution in [2.24, 2.45) is 0 Å². The van der Waals surface area contributed by atoms with Gasteiger partial charge in [-0.2, -0.15) is 0 Å². The number of allylic oxidation sites excluding steroid dienone is 1. The van der Waals surface area contributed by atoms with Crippen LogP contribution >= 0.6 is 0 Å². The zero-order chi connectivity index (χ0) is 42.5. The first kappa shape index (κ1) is 36.5. The van der Waals surface area contributed by atoms with Gasteiger partial charge in [-0.05, 0) is 143 Å². The van der Waals surface area contributed by atoms with Gasteiger partial charge in [-0.1, -0.05) is 176 Å². The third-order valence-electron chi connectivity index (χ3n) is 13.9. The van der Waals surface area contributed by atoms with Crippen molar-refractivity contribution in [3.8, 4) is 33.4 Å². The minimum Gasteiger partial charge on any atom is -0.454 e.